The minimum atomic E-state index is -0.516. The lowest BCUT2D eigenvalue weighted by Gasteiger charge is -2.28. The average molecular weight is 442 g/mol. The molecule has 0 fully saturated rings. The maximum atomic E-state index is 13.2. The summed E-state index contributed by atoms with van der Waals surface area (Å²) in [5, 5.41) is 2.92. The van der Waals surface area contributed by atoms with Crippen molar-refractivity contribution >= 4 is 11.8 Å². The maximum absolute atomic E-state index is 13.2. The summed E-state index contributed by atoms with van der Waals surface area (Å²) >= 11 is 0. The molecule has 0 saturated heterocycles. The Morgan fingerprint density at radius 1 is 1.03 bits per heavy atom. The van der Waals surface area contributed by atoms with Gasteiger partial charge in [-0.05, 0) is 17.7 Å². The Balaban J connectivity index is 1.87. The molecule has 1 N–H and O–H groups in total. The summed E-state index contributed by atoms with van der Waals surface area (Å²) in [6.07, 6.45) is 0.388. The van der Waals surface area contributed by atoms with E-state index < -0.39 is 5.41 Å². The van der Waals surface area contributed by atoms with E-state index in [-0.39, 0.29) is 23.1 Å². The number of methoxy groups -OCH3 is 2. The highest BCUT2D eigenvalue weighted by Crippen LogP contribution is 2.25. The summed E-state index contributed by atoms with van der Waals surface area (Å²) in [7, 11) is 3.04. The molecule has 0 bridgehead atoms. The van der Waals surface area contributed by atoms with Gasteiger partial charge in [0.05, 0.1) is 14.2 Å². The first-order chi connectivity index (χ1) is 15.2. The fourth-order valence-electron chi connectivity index (χ4n) is 3.85. The molecule has 0 saturated carbocycles. The van der Waals surface area contributed by atoms with Crippen molar-refractivity contribution in [2.75, 3.05) is 27.3 Å². The van der Waals surface area contributed by atoms with Crippen LogP contribution in [0.1, 0.15) is 42.4 Å². The van der Waals surface area contributed by atoms with Crippen LogP contribution in [0, 0.1) is 5.41 Å². The van der Waals surface area contributed by atoms with Crippen molar-refractivity contribution in [2.24, 2.45) is 5.41 Å². The topological polar surface area (TPSA) is 89.9 Å². The zero-order valence-electron chi connectivity index (χ0n) is 19.4. The number of ether oxygens (including phenoxy) is 2. The third-order valence-electron chi connectivity index (χ3n) is 5.58. The van der Waals surface area contributed by atoms with Gasteiger partial charge in [0.1, 0.15) is 17.1 Å². The molecule has 1 aromatic heterocycles. The fourth-order valence-corrected chi connectivity index (χ4v) is 3.85. The molecule has 172 valence electrons. The van der Waals surface area contributed by atoms with Crippen LogP contribution in [0.2, 0.25) is 0 Å². The quantitative estimate of drug-likeness (QED) is 0.769. The fraction of sp³-hybridized carbons (Fsp3) is 0.458. The van der Waals surface area contributed by atoms with E-state index in [1.165, 1.54) is 13.2 Å². The first kappa shape index (κ1) is 23.4. The van der Waals surface area contributed by atoms with Gasteiger partial charge in [0.15, 0.2) is 0 Å². The molecule has 0 spiro atoms. The van der Waals surface area contributed by atoms with Crippen molar-refractivity contribution in [3.8, 4) is 11.5 Å². The largest absolute Gasteiger partial charge is 0.497 e. The number of aromatic nitrogens is 1. The predicted molar refractivity (Wildman–Crippen MR) is 121 cm³/mol. The Bertz CT molecular complexity index is 1050. The van der Waals surface area contributed by atoms with Gasteiger partial charge >= 0.3 is 0 Å². The number of rotatable bonds is 5. The predicted octanol–water partition coefficient (Wildman–Crippen LogP) is 2.23. The second-order valence-corrected chi connectivity index (χ2v) is 8.85. The number of hydrogen-bond acceptors (Lipinski definition) is 5. The summed E-state index contributed by atoms with van der Waals surface area (Å²) in [5.74, 6) is 0.681. The van der Waals surface area contributed by atoms with Gasteiger partial charge in [-0.3, -0.25) is 14.4 Å². The molecule has 2 amide bonds. The normalized spacial score (nSPS) is 13.7. The number of pyridine rings is 1. The highest BCUT2D eigenvalue weighted by atomic mass is 16.5. The number of hydrogen-bond donors (Lipinski definition) is 1. The number of benzene rings is 1. The lowest BCUT2D eigenvalue weighted by molar-refractivity contribution is -0.139. The summed E-state index contributed by atoms with van der Waals surface area (Å²) < 4.78 is 12.1. The lowest BCUT2D eigenvalue weighted by Crippen LogP contribution is -2.41. The van der Waals surface area contributed by atoms with Crippen LogP contribution in [0.5, 0.6) is 11.5 Å². The van der Waals surface area contributed by atoms with Crippen LogP contribution in [-0.4, -0.2) is 48.6 Å². The summed E-state index contributed by atoms with van der Waals surface area (Å²) in [5.41, 5.74) is 1.09. The van der Waals surface area contributed by atoms with Gasteiger partial charge in [0, 0.05) is 49.8 Å². The van der Waals surface area contributed by atoms with E-state index in [2.05, 4.69) is 5.32 Å². The molecule has 0 atom stereocenters. The number of carbonyl (C=O) groups excluding carboxylic acids is 2. The van der Waals surface area contributed by atoms with E-state index in [1.807, 2.05) is 45.0 Å². The molecule has 1 aliphatic rings. The van der Waals surface area contributed by atoms with Crippen molar-refractivity contribution in [3.05, 3.63) is 57.5 Å². The zero-order valence-corrected chi connectivity index (χ0v) is 19.4. The van der Waals surface area contributed by atoms with Gasteiger partial charge in [0.25, 0.3) is 11.5 Å². The van der Waals surface area contributed by atoms with Gasteiger partial charge in [-0.25, -0.2) is 0 Å². The van der Waals surface area contributed by atoms with Crippen LogP contribution >= 0.6 is 0 Å². The summed E-state index contributed by atoms with van der Waals surface area (Å²) in [6, 6.07) is 8.76. The van der Waals surface area contributed by atoms with Gasteiger partial charge < -0.3 is 24.3 Å². The smallest absolute Gasteiger partial charge is 0.257 e. The van der Waals surface area contributed by atoms with E-state index in [0.717, 1.165) is 11.3 Å². The van der Waals surface area contributed by atoms with Crippen LogP contribution in [0.3, 0.4) is 0 Å². The van der Waals surface area contributed by atoms with E-state index in [4.69, 9.17) is 9.47 Å². The summed E-state index contributed by atoms with van der Waals surface area (Å²) in [4.78, 5) is 40.4. The minimum absolute atomic E-state index is 0.0239. The Morgan fingerprint density at radius 3 is 2.31 bits per heavy atom. The molecular formula is C24H31N3O5. The Kier molecular flexibility index (Phi) is 6.91. The van der Waals surface area contributed by atoms with Gasteiger partial charge in [-0.15, -0.1) is 0 Å². The molecule has 0 unspecified atom stereocenters. The second kappa shape index (κ2) is 9.46. The highest BCUT2D eigenvalue weighted by molar-refractivity contribution is 5.98. The SMILES string of the molecule is COc1ccc(CNC(=O)c2c(OC)cc(=O)n3c2CCN(C(=O)C(C)(C)C)CC3)cc1. The van der Waals surface area contributed by atoms with Crippen molar-refractivity contribution in [2.45, 2.75) is 40.3 Å². The zero-order chi connectivity index (χ0) is 23.5. The van der Waals surface area contributed by atoms with Gasteiger partial charge in [-0.1, -0.05) is 32.9 Å². The van der Waals surface area contributed by atoms with Gasteiger partial charge in [-0.2, -0.15) is 0 Å². The number of nitrogens with zero attached hydrogens (tertiary/aromatic N) is 2. The van der Waals surface area contributed by atoms with Crippen molar-refractivity contribution in [1.82, 2.24) is 14.8 Å². The van der Waals surface area contributed by atoms with Crippen molar-refractivity contribution < 1.29 is 19.1 Å². The first-order valence-corrected chi connectivity index (χ1v) is 10.7. The van der Waals surface area contributed by atoms with Crippen LogP contribution in [-0.2, 0) is 24.3 Å². The van der Waals surface area contributed by atoms with E-state index in [0.29, 0.717) is 43.9 Å². The standard InChI is InChI=1S/C24H31N3O5/c1-24(2,3)23(30)26-11-10-18-21(19(32-5)14-20(28)27(18)13-12-26)22(29)25-15-16-6-8-17(31-4)9-7-16/h6-9,14H,10-13,15H2,1-5H3,(H,25,29). The molecule has 0 aliphatic carbocycles. The van der Waals surface area contributed by atoms with E-state index in [1.54, 1.807) is 16.6 Å². The van der Waals surface area contributed by atoms with Crippen molar-refractivity contribution in [1.29, 1.82) is 0 Å². The number of carbonyl (C=O) groups is 2. The molecule has 1 aliphatic heterocycles. The molecule has 32 heavy (non-hydrogen) atoms. The molecule has 2 aromatic rings. The number of fused-ring (bicyclic) bond motifs is 1. The molecule has 0 radical (unpaired) electrons. The van der Waals surface area contributed by atoms with Crippen LogP contribution in [0.15, 0.2) is 35.1 Å². The summed E-state index contributed by atoms with van der Waals surface area (Å²) in [6.45, 7) is 7.13. The highest BCUT2D eigenvalue weighted by Gasteiger charge is 2.31. The average Bonchev–Trinajstić information content (AvgIpc) is 3.00. The van der Waals surface area contributed by atoms with E-state index >= 15 is 0 Å². The second-order valence-electron chi connectivity index (χ2n) is 8.85. The molecule has 3 rings (SSSR count). The Hall–Kier alpha value is -3.29. The van der Waals surface area contributed by atoms with Crippen LogP contribution in [0.4, 0.5) is 0 Å². The molecule has 2 heterocycles. The van der Waals surface area contributed by atoms with Crippen LogP contribution < -0.4 is 20.3 Å². The van der Waals surface area contributed by atoms with E-state index in [9.17, 15) is 14.4 Å². The minimum Gasteiger partial charge on any atom is -0.497 e. The first-order valence-electron chi connectivity index (χ1n) is 10.7. The molecule has 8 nitrogen and oxygen atoms in total. The Labute approximate surface area is 188 Å². The molecule has 1 aromatic carbocycles. The third-order valence-corrected chi connectivity index (χ3v) is 5.58. The van der Waals surface area contributed by atoms with Crippen molar-refractivity contribution in [3.63, 3.8) is 0 Å². The number of nitrogens with one attached hydrogen (secondary N) is 1. The lowest BCUT2D eigenvalue weighted by atomic mass is 9.94. The number of amides is 2. The third kappa shape index (κ3) is 4.95. The Morgan fingerprint density at radius 2 is 1.72 bits per heavy atom. The van der Waals surface area contributed by atoms with Gasteiger partial charge in [0.2, 0.25) is 5.91 Å². The monoisotopic (exact) mass is 441 g/mol. The maximum Gasteiger partial charge on any atom is 0.257 e. The molecule has 8 heteroatoms. The van der Waals surface area contributed by atoms with Crippen LogP contribution in [0.25, 0.3) is 0 Å². The molecular weight excluding hydrogens is 410 g/mol.